The van der Waals surface area contributed by atoms with Crippen LogP contribution in [0.25, 0.3) is 0 Å². The molecule has 0 aliphatic heterocycles. The maximum Gasteiger partial charge on any atom is 0.305 e. The molecule has 0 spiro atoms. The highest BCUT2D eigenvalue weighted by Crippen LogP contribution is 2.17. The highest BCUT2D eigenvalue weighted by Gasteiger charge is 2.18. The van der Waals surface area contributed by atoms with E-state index in [4.69, 9.17) is 4.74 Å². The van der Waals surface area contributed by atoms with Gasteiger partial charge in [-0.2, -0.15) is 0 Å². The third kappa shape index (κ3) is 55.2. The van der Waals surface area contributed by atoms with Crippen molar-refractivity contribution in [1.29, 1.82) is 0 Å². The standard InChI is InChI=1S/C63H119NO5/c1-3-5-7-9-11-13-15-17-19-21-22-23-24-25-26-27-28-29-31-35-39-43-47-51-55-61(66)60(59-65)64-62(67)56-52-48-44-40-36-33-34-38-42-46-50-54-58-69-63(68)57-53-49-45-41-37-32-30-20-18-16-14-12-10-8-6-4-2/h20,30,34,38,51,55,60-61,65-66H,3-19,21-29,31-33,35-37,39-50,52-54,56-59H2,1-2H3,(H,64,67)/b30-20-,38-34-,55-51+. The van der Waals surface area contributed by atoms with Gasteiger partial charge in [0.1, 0.15) is 0 Å². The van der Waals surface area contributed by atoms with E-state index in [9.17, 15) is 19.8 Å². The van der Waals surface area contributed by atoms with Crippen molar-refractivity contribution in [3.05, 3.63) is 36.5 Å². The lowest BCUT2D eigenvalue weighted by molar-refractivity contribution is -0.143. The molecule has 0 saturated carbocycles. The summed E-state index contributed by atoms with van der Waals surface area (Å²) in [7, 11) is 0. The Morgan fingerprint density at radius 1 is 0.391 bits per heavy atom. The average Bonchev–Trinajstić information content (AvgIpc) is 3.35. The van der Waals surface area contributed by atoms with Gasteiger partial charge in [-0.15, -0.1) is 0 Å². The number of hydrogen-bond donors (Lipinski definition) is 3. The van der Waals surface area contributed by atoms with Gasteiger partial charge in [0.25, 0.3) is 0 Å². The van der Waals surface area contributed by atoms with Crippen LogP contribution in [0.3, 0.4) is 0 Å². The Labute approximate surface area is 430 Å². The normalized spacial score (nSPS) is 12.8. The number of carbonyl (C=O) groups excluding carboxylic acids is 2. The smallest absolute Gasteiger partial charge is 0.305 e. The molecule has 69 heavy (non-hydrogen) atoms. The number of rotatable bonds is 57. The first-order valence-electron chi connectivity index (χ1n) is 30.8. The molecule has 3 N–H and O–H groups in total. The molecule has 1 amide bonds. The van der Waals surface area contributed by atoms with E-state index in [0.29, 0.717) is 19.4 Å². The van der Waals surface area contributed by atoms with Crippen molar-refractivity contribution in [2.75, 3.05) is 13.2 Å². The predicted octanol–water partition coefficient (Wildman–Crippen LogP) is 19.2. The average molecular weight is 971 g/mol. The van der Waals surface area contributed by atoms with Crippen LogP contribution in [0.1, 0.15) is 328 Å². The lowest BCUT2D eigenvalue weighted by atomic mass is 10.0. The zero-order valence-corrected chi connectivity index (χ0v) is 46.3. The zero-order valence-electron chi connectivity index (χ0n) is 46.3. The van der Waals surface area contributed by atoms with Crippen LogP contribution in [0.2, 0.25) is 0 Å². The summed E-state index contributed by atoms with van der Waals surface area (Å²) >= 11 is 0. The molecule has 0 aromatic carbocycles. The van der Waals surface area contributed by atoms with Gasteiger partial charge < -0.3 is 20.3 Å². The fraction of sp³-hybridized carbons (Fsp3) is 0.873. The third-order valence-corrected chi connectivity index (χ3v) is 14.1. The van der Waals surface area contributed by atoms with Crippen molar-refractivity contribution in [3.63, 3.8) is 0 Å². The van der Waals surface area contributed by atoms with E-state index in [2.05, 4.69) is 43.5 Å². The molecular formula is C63H119NO5. The minimum absolute atomic E-state index is 0.0312. The molecule has 0 aromatic heterocycles. The van der Waals surface area contributed by atoms with E-state index in [-0.39, 0.29) is 18.5 Å². The first-order chi connectivity index (χ1) is 34.0. The topological polar surface area (TPSA) is 95.9 Å². The Kier molecular flexibility index (Phi) is 57.0. The molecule has 0 aromatic rings. The number of amides is 1. The molecule has 406 valence electrons. The highest BCUT2D eigenvalue weighted by atomic mass is 16.5. The Morgan fingerprint density at radius 2 is 0.681 bits per heavy atom. The van der Waals surface area contributed by atoms with Gasteiger partial charge in [-0.25, -0.2) is 0 Å². The number of nitrogens with one attached hydrogen (secondary N) is 1. The molecule has 2 unspecified atom stereocenters. The van der Waals surface area contributed by atoms with Gasteiger partial charge >= 0.3 is 5.97 Å². The van der Waals surface area contributed by atoms with Crippen LogP contribution >= 0.6 is 0 Å². The minimum Gasteiger partial charge on any atom is -0.466 e. The van der Waals surface area contributed by atoms with E-state index in [1.54, 1.807) is 6.08 Å². The number of carbonyl (C=O) groups is 2. The van der Waals surface area contributed by atoms with Gasteiger partial charge in [0.2, 0.25) is 5.91 Å². The summed E-state index contributed by atoms with van der Waals surface area (Å²) in [5.74, 6) is -0.123. The van der Waals surface area contributed by atoms with Crippen molar-refractivity contribution in [1.82, 2.24) is 5.32 Å². The number of unbranched alkanes of at least 4 members (excludes halogenated alkanes) is 42. The van der Waals surface area contributed by atoms with Crippen molar-refractivity contribution in [2.45, 2.75) is 341 Å². The summed E-state index contributed by atoms with van der Waals surface area (Å²) in [5, 5.41) is 23.2. The van der Waals surface area contributed by atoms with E-state index in [1.807, 2.05) is 6.08 Å². The fourth-order valence-corrected chi connectivity index (χ4v) is 9.39. The molecule has 2 atom stereocenters. The van der Waals surface area contributed by atoms with Crippen molar-refractivity contribution < 1.29 is 24.5 Å². The number of aliphatic hydroxyl groups is 2. The molecule has 6 nitrogen and oxygen atoms in total. The van der Waals surface area contributed by atoms with Gasteiger partial charge in [0.15, 0.2) is 0 Å². The quantitative estimate of drug-likeness (QED) is 0.0321. The lowest BCUT2D eigenvalue weighted by Crippen LogP contribution is -2.45. The SMILES string of the molecule is CCCCCCCCC/C=C\CCCCCCCC(=O)OCCCCC/C=C\CCCCCCCC(=O)NC(CO)C(O)/C=C/CCCCCCCCCCCCCCCCCCCCCCCC. The summed E-state index contributed by atoms with van der Waals surface area (Å²) in [6.07, 6.45) is 73.2. The number of ether oxygens (including phenoxy) is 1. The molecule has 0 bridgehead atoms. The maximum atomic E-state index is 12.5. The van der Waals surface area contributed by atoms with Crippen LogP contribution in [0.4, 0.5) is 0 Å². The summed E-state index contributed by atoms with van der Waals surface area (Å²) in [5.41, 5.74) is 0. The Balaban J connectivity index is 3.52. The molecule has 0 rings (SSSR count). The summed E-state index contributed by atoms with van der Waals surface area (Å²) < 4.78 is 5.45. The number of hydrogen-bond acceptors (Lipinski definition) is 5. The van der Waals surface area contributed by atoms with Crippen molar-refractivity contribution in [2.24, 2.45) is 0 Å². The minimum atomic E-state index is -0.863. The van der Waals surface area contributed by atoms with Crippen LogP contribution < -0.4 is 5.32 Å². The van der Waals surface area contributed by atoms with Crippen LogP contribution in [-0.2, 0) is 14.3 Å². The Hall–Kier alpha value is -1.92. The molecule has 0 radical (unpaired) electrons. The molecular weight excluding hydrogens is 851 g/mol. The van der Waals surface area contributed by atoms with Gasteiger partial charge in [-0.05, 0) is 89.9 Å². The van der Waals surface area contributed by atoms with Crippen LogP contribution in [0.5, 0.6) is 0 Å². The second kappa shape index (κ2) is 58.6. The maximum absolute atomic E-state index is 12.5. The monoisotopic (exact) mass is 970 g/mol. The first-order valence-corrected chi connectivity index (χ1v) is 30.8. The van der Waals surface area contributed by atoms with E-state index in [1.165, 1.54) is 218 Å². The van der Waals surface area contributed by atoms with Gasteiger partial charge in [-0.1, -0.05) is 262 Å². The second-order valence-electron chi connectivity index (χ2n) is 21.0. The summed E-state index contributed by atoms with van der Waals surface area (Å²) in [6, 6.07) is -0.649. The summed E-state index contributed by atoms with van der Waals surface area (Å²) in [4.78, 5) is 24.6. The predicted molar refractivity (Wildman–Crippen MR) is 301 cm³/mol. The van der Waals surface area contributed by atoms with Gasteiger partial charge in [0.05, 0.1) is 25.4 Å². The third-order valence-electron chi connectivity index (χ3n) is 14.1. The van der Waals surface area contributed by atoms with Crippen molar-refractivity contribution >= 4 is 11.9 Å². The van der Waals surface area contributed by atoms with Crippen LogP contribution in [-0.4, -0.2) is 47.4 Å². The van der Waals surface area contributed by atoms with E-state index in [0.717, 1.165) is 83.5 Å². The Bertz CT molecular complexity index is 1120. The number of aliphatic hydroxyl groups excluding tert-OH is 2. The molecule has 0 fully saturated rings. The van der Waals surface area contributed by atoms with Crippen molar-refractivity contribution in [3.8, 4) is 0 Å². The van der Waals surface area contributed by atoms with E-state index < -0.39 is 12.1 Å². The molecule has 0 aliphatic carbocycles. The number of allylic oxidation sites excluding steroid dienone is 5. The molecule has 0 heterocycles. The Morgan fingerprint density at radius 3 is 1.03 bits per heavy atom. The molecule has 6 heteroatoms. The lowest BCUT2D eigenvalue weighted by Gasteiger charge is -2.20. The number of esters is 1. The van der Waals surface area contributed by atoms with E-state index >= 15 is 0 Å². The van der Waals surface area contributed by atoms with Gasteiger partial charge in [0, 0.05) is 12.8 Å². The second-order valence-corrected chi connectivity index (χ2v) is 21.0. The molecule has 0 saturated heterocycles. The largest absolute Gasteiger partial charge is 0.466 e. The van der Waals surface area contributed by atoms with Crippen LogP contribution in [0, 0.1) is 0 Å². The fourth-order valence-electron chi connectivity index (χ4n) is 9.39. The summed E-state index contributed by atoms with van der Waals surface area (Å²) in [6.45, 7) is 4.86. The van der Waals surface area contributed by atoms with Gasteiger partial charge in [-0.3, -0.25) is 9.59 Å². The zero-order chi connectivity index (χ0) is 50.0. The first kappa shape index (κ1) is 67.1. The van der Waals surface area contributed by atoms with Crippen LogP contribution in [0.15, 0.2) is 36.5 Å². The molecule has 0 aliphatic rings. The highest BCUT2D eigenvalue weighted by molar-refractivity contribution is 5.76.